The Morgan fingerprint density at radius 1 is 1.17 bits per heavy atom. The van der Waals surface area contributed by atoms with Gasteiger partial charge in [0.1, 0.15) is 5.75 Å². The van der Waals surface area contributed by atoms with Crippen molar-refractivity contribution in [1.82, 2.24) is 9.78 Å². The summed E-state index contributed by atoms with van der Waals surface area (Å²) in [6.45, 7) is 0.435. The molecule has 0 radical (unpaired) electrons. The van der Waals surface area contributed by atoms with Crippen molar-refractivity contribution in [2.75, 3.05) is 13.7 Å². The molecule has 0 fully saturated rings. The third-order valence-corrected chi connectivity index (χ3v) is 4.38. The second-order valence-electron chi connectivity index (χ2n) is 5.62. The first kappa shape index (κ1) is 16.6. The standard InChI is InChI=1S/C19H20ClN3O/c1-23-18(11-17(22-23)13-6-4-3-5-7-13)16(12-21)15-10-14(20)8-9-19(15)24-2/h3-11,16H,12,21H2,1-2H3. The Labute approximate surface area is 146 Å². The molecule has 1 heterocycles. The van der Waals surface area contributed by atoms with E-state index < -0.39 is 0 Å². The van der Waals surface area contributed by atoms with Crippen molar-refractivity contribution < 1.29 is 4.74 Å². The van der Waals surface area contributed by atoms with E-state index >= 15 is 0 Å². The molecule has 24 heavy (non-hydrogen) atoms. The third-order valence-electron chi connectivity index (χ3n) is 4.15. The molecular formula is C19H20ClN3O. The van der Waals surface area contributed by atoms with Gasteiger partial charge < -0.3 is 10.5 Å². The normalized spacial score (nSPS) is 12.2. The summed E-state index contributed by atoms with van der Waals surface area (Å²) in [5.41, 5.74) is 10.1. The lowest BCUT2D eigenvalue weighted by molar-refractivity contribution is 0.407. The highest BCUT2D eigenvalue weighted by Gasteiger charge is 2.22. The molecule has 0 bridgehead atoms. The van der Waals surface area contributed by atoms with Crippen LogP contribution in [-0.4, -0.2) is 23.4 Å². The largest absolute Gasteiger partial charge is 0.496 e. The van der Waals surface area contributed by atoms with E-state index in [-0.39, 0.29) is 5.92 Å². The van der Waals surface area contributed by atoms with E-state index in [0.29, 0.717) is 11.6 Å². The molecule has 2 aromatic carbocycles. The molecule has 0 aliphatic carbocycles. The van der Waals surface area contributed by atoms with Gasteiger partial charge in [0.2, 0.25) is 0 Å². The van der Waals surface area contributed by atoms with Gasteiger partial charge in [0, 0.05) is 41.4 Å². The monoisotopic (exact) mass is 341 g/mol. The maximum Gasteiger partial charge on any atom is 0.122 e. The molecule has 5 heteroatoms. The van der Waals surface area contributed by atoms with Crippen LogP contribution < -0.4 is 10.5 Å². The summed E-state index contributed by atoms with van der Waals surface area (Å²) in [7, 11) is 3.58. The van der Waals surface area contributed by atoms with Crippen LogP contribution in [0.4, 0.5) is 0 Å². The van der Waals surface area contributed by atoms with Gasteiger partial charge in [-0.25, -0.2) is 0 Å². The lowest BCUT2D eigenvalue weighted by atomic mass is 9.94. The average Bonchev–Trinajstić information content (AvgIpc) is 2.98. The first-order chi connectivity index (χ1) is 11.6. The number of nitrogens with zero attached hydrogens (tertiary/aromatic N) is 2. The predicted molar refractivity (Wildman–Crippen MR) is 97.5 cm³/mol. The summed E-state index contributed by atoms with van der Waals surface area (Å²) < 4.78 is 7.37. The van der Waals surface area contributed by atoms with Crippen molar-refractivity contribution in [1.29, 1.82) is 0 Å². The van der Waals surface area contributed by atoms with Gasteiger partial charge in [0.15, 0.2) is 0 Å². The maximum atomic E-state index is 6.18. The van der Waals surface area contributed by atoms with Crippen LogP contribution in [0, 0.1) is 0 Å². The van der Waals surface area contributed by atoms with Gasteiger partial charge in [-0.1, -0.05) is 41.9 Å². The molecule has 2 N–H and O–H groups in total. The van der Waals surface area contributed by atoms with Crippen LogP contribution in [0.25, 0.3) is 11.3 Å². The van der Waals surface area contributed by atoms with Crippen molar-refractivity contribution in [2.45, 2.75) is 5.92 Å². The average molecular weight is 342 g/mol. The van der Waals surface area contributed by atoms with E-state index in [1.165, 1.54) is 0 Å². The maximum absolute atomic E-state index is 6.18. The van der Waals surface area contributed by atoms with Crippen molar-refractivity contribution >= 4 is 11.6 Å². The summed E-state index contributed by atoms with van der Waals surface area (Å²) in [5, 5.41) is 5.30. The molecule has 1 unspecified atom stereocenters. The van der Waals surface area contributed by atoms with Crippen LogP contribution in [0.1, 0.15) is 17.2 Å². The lowest BCUT2D eigenvalue weighted by Crippen LogP contribution is -2.17. The Balaban J connectivity index is 2.07. The van der Waals surface area contributed by atoms with Gasteiger partial charge in [-0.05, 0) is 24.3 Å². The van der Waals surface area contributed by atoms with E-state index in [1.807, 2.05) is 60.3 Å². The smallest absolute Gasteiger partial charge is 0.122 e. The van der Waals surface area contributed by atoms with Crippen molar-refractivity contribution in [3.63, 3.8) is 0 Å². The second-order valence-corrected chi connectivity index (χ2v) is 6.06. The van der Waals surface area contributed by atoms with E-state index in [4.69, 9.17) is 22.1 Å². The van der Waals surface area contributed by atoms with E-state index in [2.05, 4.69) is 11.2 Å². The van der Waals surface area contributed by atoms with Gasteiger partial charge in [-0.2, -0.15) is 5.10 Å². The molecule has 3 rings (SSSR count). The molecular weight excluding hydrogens is 322 g/mol. The Bertz CT molecular complexity index is 830. The fourth-order valence-corrected chi connectivity index (χ4v) is 3.12. The minimum absolute atomic E-state index is 0.0476. The number of nitrogens with two attached hydrogens (primary N) is 1. The number of benzene rings is 2. The number of rotatable bonds is 5. The zero-order valence-electron chi connectivity index (χ0n) is 13.7. The number of halogens is 1. The summed E-state index contributed by atoms with van der Waals surface area (Å²) >= 11 is 6.18. The molecule has 1 atom stereocenters. The lowest BCUT2D eigenvalue weighted by Gasteiger charge is -2.18. The first-order valence-corrected chi connectivity index (χ1v) is 8.14. The van der Waals surface area contributed by atoms with Gasteiger partial charge in [0.25, 0.3) is 0 Å². The highest BCUT2D eigenvalue weighted by atomic mass is 35.5. The van der Waals surface area contributed by atoms with Gasteiger partial charge in [0.05, 0.1) is 12.8 Å². The third kappa shape index (κ3) is 3.16. The summed E-state index contributed by atoms with van der Waals surface area (Å²) in [5.74, 6) is 0.728. The van der Waals surface area contributed by atoms with Crippen molar-refractivity contribution in [2.24, 2.45) is 12.8 Å². The quantitative estimate of drug-likeness (QED) is 0.767. The Morgan fingerprint density at radius 2 is 1.92 bits per heavy atom. The SMILES string of the molecule is COc1ccc(Cl)cc1C(CN)c1cc(-c2ccccc2)nn1C. The number of aryl methyl sites for hydroxylation is 1. The van der Waals surface area contributed by atoms with E-state index in [0.717, 1.165) is 28.3 Å². The molecule has 0 saturated heterocycles. The molecule has 3 aromatic rings. The highest BCUT2D eigenvalue weighted by molar-refractivity contribution is 6.30. The number of hydrogen-bond donors (Lipinski definition) is 1. The molecule has 0 aliphatic rings. The van der Waals surface area contributed by atoms with Crippen LogP contribution in [0.5, 0.6) is 5.75 Å². The minimum atomic E-state index is -0.0476. The Kier molecular flexibility index (Phi) is 4.88. The highest BCUT2D eigenvalue weighted by Crippen LogP contribution is 2.34. The number of hydrogen-bond acceptors (Lipinski definition) is 3. The van der Waals surface area contributed by atoms with Crippen LogP contribution in [-0.2, 0) is 7.05 Å². The van der Waals surface area contributed by atoms with Crippen LogP contribution in [0.15, 0.2) is 54.6 Å². The summed E-state index contributed by atoms with van der Waals surface area (Å²) in [4.78, 5) is 0. The summed E-state index contributed by atoms with van der Waals surface area (Å²) in [6, 6.07) is 17.8. The van der Waals surface area contributed by atoms with Crippen LogP contribution >= 0.6 is 11.6 Å². The second kappa shape index (κ2) is 7.07. The molecule has 1 aromatic heterocycles. The van der Waals surface area contributed by atoms with Crippen LogP contribution in [0.3, 0.4) is 0 Å². The van der Waals surface area contributed by atoms with Gasteiger partial charge in [-0.3, -0.25) is 4.68 Å². The summed E-state index contributed by atoms with van der Waals surface area (Å²) in [6.07, 6.45) is 0. The molecule has 0 amide bonds. The first-order valence-electron chi connectivity index (χ1n) is 7.77. The minimum Gasteiger partial charge on any atom is -0.496 e. The van der Waals surface area contributed by atoms with Gasteiger partial charge in [-0.15, -0.1) is 0 Å². The van der Waals surface area contributed by atoms with Gasteiger partial charge >= 0.3 is 0 Å². The zero-order chi connectivity index (χ0) is 17.1. The Morgan fingerprint density at radius 3 is 2.58 bits per heavy atom. The fraction of sp³-hybridized carbons (Fsp3) is 0.211. The van der Waals surface area contributed by atoms with E-state index in [1.54, 1.807) is 7.11 Å². The molecule has 124 valence electrons. The number of methoxy groups -OCH3 is 1. The molecule has 0 aliphatic heterocycles. The molecule has 4 nitrogen and oxygen atoms in total. The fourth-order valence-electron chi connectivity index (χ4n) is 2.94. The molecule has 0 saturated carbocycles. The topological polar surface area (TPSA) is 53.1 Å². The predicted octanol–water partition coefficient (Wildman–Crippen LogP) is 3.84. The zero-order valence-corrected chi connectivity index (χ0v) is 14.5. The van der Waals surface area contributed by atoms with Crippen molar-refractivity contribution in [3.8, 4) is 17.0 Å². The Hall–Kier alpha value is -2.30. The molecule has 0 spiro atoms. The van der Waals surface area contributed by atoms with Crippen molar-refractivity contribution in [3.05, 3.63) is 70.9 Å². The van der Waals surface area contributed by atoms with E-state index in [9.17, 15) is 0 Å². The number of aromatic nitrogens is 2. The van der Waals surface area contributed by atoms with Crippen LogP contribution in [0.2, 0.25) is 5.02 Å². The number of ether oxygens (including phenoxy) is 1.